The van der Waals surface area contributed by atoms with Crippen LogP contribution in [0.4, 0.5) is 0 Å². The minimum absolute atomic E-state index is 0.625. The first kappa shape index (κ1) is 9.83. The van der Waals surface area contributed by atoms with Gasteiger partial charge >= 0.3 is 6.00 Å². The molecule has 9 heavy (non-hydrogen) atoms. The lowest BCUT2D eigenvalue weighted by molar-refractivity contribution is 1.36. The lowest BCUT2D eigenvalue weighted by Crippen LogP contribution is -2.05. The molecule has 0 radical (unpaired) electrons. The molecule has 0 aliphatic heterocycles. The second kappa shape index (κ2) is 3.87. The van der Waals surface area contributed by atoms with Crippen LogP contribution in [0.5, 0.6) is 0 Å². The smallest absolute Gasteiger partial charge is 0.126 e. The Hall–Kier alpha value is 0.827. The molecule has 0 N–H and O–H groups in total. The molecule has 0 bridgehead atoms. The van der Waals surface area contributed by atoms with Crippen molar-refractivity contribution in [3.8, 4) is 0 Å². The van der Waals surface area contributed by atoms with Crippen molar-refractivity contribution in [2.45, 2.75) is 19.9 Å². The van der Waals surface area contributed by atoms with Crippen LogP contribution in [-0.4, -0.2) is 6.00 Å². The summed E-state index contributed by atoms with van der Waals surface area (Å²) in [4.78, 5) is 0. The van der Waals surface area contributed by atoms with Crippen molar-refractivity contribution in [1.29, 1.82) is 0 Å². The quantitative estimate of drug-likeness (QED) is 0.365. The maximum absolute atomic E-state index is 5.60. The molecular formula is C5H9Cl3Si. The van der Waals surface area contributed by atoms with Gasteiger partial charge in [-0.05, 0) is 13.8 Å². The summed E-state index contributed by atoms with van der Waals surface area (Å²) in [5.41, 5.74) is 1.20. The van der Waals surface area contributed by atoms with Gasteiger partial charge in [-0.3, -0.25) is 0 Å². The molecule has 0 unspecified atom stereocenters. The lowest BCUT2D eigenvalue weighted by Gasteiger charge is -2.01. The summed E-state index contributed by atoms with van der Waals surface area (Å²) in [6, 6.07) is -1.75. The van der Waals surface area contributed by atoms with Crippen LogP contribution < -0.4 is 0 Å². The fraction of sp³-hybridized carbons (Fsp3) is 0.600. The summed E-state index contributed by atoms with van der Waals surface area (Å²) < 4.78 is 0. The molecule has 0 aromatic heterocycles. The van der Waals surface area contributed by atoms with E-state index in [4.69, 9.17) is 33.2 Å². The van der Waals surface area contributed by atoms with E-state index in [1.807, 2.05) is 19.9 Å². The molecule has 0 aliphatic rings. The van der Waals surface area contributed by atoms with Gasteiger partial charge in [0.2, 0.25) is 0 Å². The largest absolute Gasteiger partial charge is 0.344 e. The number of allylic oxidation sites excluding steroid dienone is 2. The van der Waals surface area contributed by atoms with E-state index in [0.29, 0.717) is 6.04 Å². The first-order valence-corrected chi connectivity index (χ1v) is 7.86. The molecule has 0 aromatic carbocycles. The molecule has 0 atom stereocenters. The number of halogens is 3. The molecule has 0 saturated carbocycles. The van der Waals surface area contributed by atoms with Crippen LogP contribution in [0.15, 0.2) is 11.6 Å². The van der Waals surface area contributed by atoms with Gasteiger partial charge in [0, 0.05) is 6.04 Å². The number of hydrogen-bond acceptors (Lipinski definition) is 0. The fourth-order valence-corrected chi connectivity index (χ4v) is 1.65. The highest BCUT2D eigenvalue weighted by Gasteiger charge is 2.22. The van der Waals surface area contributed by atoms with E-state index in [1.54, 1.807) is 0 Å². The lowest BCUT2D eigenvalue weighted by atomic mass is 10.3. The van der Waals surface area contributed by atoms with Gasteiger partial charge in [-0.25, -0.2) is 0 Å². The molecule has 0 fully saturated rings. The molecular weight excluding hydrogens is 194 g/mol. The highest BCUT2D eigenvalue weighted by atomic mass is 35.8. The first-order chi connectivity index (χ1) is 3.92. The van der Waals surface area contributed by atoms with Gasteiger partial charge in [0.25, 0.3) is 0 Å². The van der Waals surface area contributed by atoms with Gasteiger partial charge in [0.15, 0.2) is 0 Å². The average Bonchev–Trinajstić information content (AvgIpc) is 1.59. The van der Waals surface area contributed by atoms with Gasteiger partial charge < -0.3 is 0 Å². The fourth-order valence-electron chi connectivity index (χ4n) is 0.320. The van der Waals surface area contributed by atoms with Crippen LogP contribution in [0.3, 0.4) is 0 Å². The molecule has 4 heteroatoms. The topological polar surface area (TPSA) is 0 Å². The zero-order chi connectivity index (χ0) is 7.49. The van der Waals surface area contributed by atoms with Crippen molar-refractivity contribution >= 4 is 39.2 Å². The molecule has 0 saturated heterocycles. The van der Waals surface area contributed by atoms with Crippen LogP contribution >= 0.6 is 33.2 Å². The van der Waals surface area contributed by atoms with Crippen LogP contribution in [0, 0.1) is 0 Å². The molecule has 0 spiro atoms. The standard InChI is InChI=1S/C5H9Cl3Si/c1-5(2)3-4-9(6,7)8/h3H,4H2,1-2H3. The minimum Gasteiger partial charge on any atom is -0.126 e. The Kier molecular flexibility index (Phi) is 4.22. The number of rotatable bonds is 2. The predicted molar refractivity (Wildman–Crippen MR) is 47.6 cm³/mol. The maximum atomic E-state index is 5.60. The average molecular weight is 204 g/mol. The molecule has 0 amide bonds. The van der Waals surface area contributed by atoms with E-state index in [2.05, 4.69) is 0 Å². The Labute approximate surface area is 70.9 Å². The van der Waals surface area contributed by atoms with Gasteiger partial charge in [-0.2, -0.15) is 0 Å². The maximum Gasteiger partial charge on any atom is 0.344 e. The molecule has 0 nitrogen and oxygen atoms in total. The van der Waals surface area contributed by atoms with Crippen LogP contribution in [0.25, 0.3) is 0 Å². The SMILES string of the molecule is CC(C)=CC[Si](Cl)(Cl)Cl. The zero-order valence-corrected chi connectivity index (χ0v) is 8.69. The molecule has 0 heterocycles. The van der Waals surface area contributed by atoms with E-state index in [0.717, 1.165) is 0 Å². The summed E-state index contributed by atoms with van der Waals surface area (Å²) in [6.07, 6.45) is 1.96. The summed E-state index contributed by atoms with van der Waals surface area (Å²) in [5.74, 6) is 0. The van der Waals surface area contributed by atoms with Crippen LogP contribution in [0.1, 0.15) is 13.8 Å². The Morgan fingerprint density at radius 2 is 1.78 bits per heavy atom. The third-order valence-corrected chi connectivity index (χ3v) is 2.80. The third kappa shape index (κ3) is 8.83. The Morgan fingerprint density at radius 3 is 1.89 bits per heavy atom. The first-order valence-electron chi connectivity index (χ1n) is 2.62. The summed E-state index contributed by atoms with van der Waals surface area (Å²) >= 11 is 16.8. The highest BCUT2D eigenvalue weighted by Crippen LogP contribution is 2.25. The van der Waals surface area contributed by atoms with E-state index >= 15 is 0 Å². The second-order valence-electron chi connectivity index (χ2n) is 2.10. The van der Waals surface area contributed by atoms with E-state index in [-0.39, 0.29) is 0 Å². The van der Waals surface area contributed by atoms with Crippen molar-refractivity contribution in [1.82, 2.24) is 0 Å². The van der Waals surface area contributed by atoms with Gasteiger partial charge in [0.1, 0.15) is 0 Å². The van der Waals surface area contributed by atoms with Gasteiger partial charge in [-0.1, -0.05) is 11.6 Å². The van der Waals surface area contributed by atoms with Crippen molar-refractivity contribution in [2.75, 3.05) is 0 Å². The van der Waals surface area contributed by atoms with Crippen molar-refractivity contribution in [3.05, 3.63) is 11.6 Å². The summed E-state index contributed by atoms with van der Waals surface area (Å²) in [7, 11) is 0. The molecule has 0 rings (SSSR count). The number of hydrogen-bond donors (Lipinski definition) is 0. The molecule has 54 valence electrons. The van der Waals surface area contributed by atoms with Crippen molar-refractivity contribution in [3.63, 3.8) is 0 Å². The Balaban J connectivity index is 3.64. The van der Waals surface area contributed by atoms with Gasteiger partial charge in [-0.15, -0.1) is 33.2 Å². The second-order valence-corrected chi connectivity index (χ2v) is 11.3. The van der Waals surface area contributed by atoms with E-state index in [9.17, 15) is 0 Å². The molecule has 0 aliphatic carbocycles. The Bertz CT molecular complexity index is 110. The van der Waals surface area contributed by atoms with Crippen LogP contribution in [0.2, 0.25) is 6.04 Å². The van der Waals surface area contributed by atoms with Gasteiger partial charge in [0.05, 0.1) is 0 Å². The summed E-state index contributed by atoms with van der Waals surface area (Å²) in [6.45, 7) is 3.98. The van der Waals surface area contributed by atoms with Crippen molar-refractivity contribution in [2.24, 2.45) is 0 Å². The van der Waals surface area contributed by atoms with Crippen molar-refractivity contribution < 1.29 is 0 Å². The summed E-state index contributed by atoms with van der Waals surface area (Å²) in [5, 5.41) is 0. The minimum atomic E-state index is -2.38. The monoisotopic (exact) mass is 202 g/mol. The van der Waals surface area contributed by atoms with E-state index < -0.39 is 6.00 Å². The van der Waals surface area contributed by atoms with E-state index in [1.165, 1.54) is 5.57 Å². The highest BCUT2D eigenvalue weighted by molar-refractivity contribution is 7.64. The molecule has 0 aromatic rings. The zero-order valence-electron chi connectivity index (χ0n) is 5.42. The van der Waals surface area contributed by atoms with Crippen LogP contribution in [-0.2, 0) is 0 Å². The predicted octanol–water partition coefficient (Wildman–Crippen LogP) is 3.61. The third-order valence-electron chi connectivity index (χ3n) is 0.742. The Morgan fingerprint density at radius 1 is 1.33 bits per heavy atom. The normalized spacial score (nSPS) is 11.2.